The second-order valence-electron chi connectivity index (χ2n) is 14.5. The van der Waals surface area contributed by atoms with E-state index in [0.29, 0.717) is 13.0 Å². The molecule has 2 fully saturated rings. The molecule has 1 saturated heterocycles. The first-order chi connectivity index (χ1) is 20.7. The van der Waals surface area contributed by atoms with Gasteiger partial charge in [-0.05, 0) is 58.1 Å². The number of rotatable bonds is 8. The maximum atomic E-state index is 14.4. The van der Waals surface area contributed by atoms with Gasteiger partial charge in [0.15, 0.2) is 0 Å². The molecule has 44 heavy (non-hydrogen) atoms. The molecule has 6 nitrogen and oxygen atoms in total. The van der Waals surface area contributed by atoms with Crippen LogP contribution in [-0.2, 0) is 21.5 Å². The van der Waals surface area contributed by atoms with Gasteiger partial charge >= 0.3 is 5.97 Å². The van der Waals surface area contributed by atoms with Gasteiger partial charge in [-0.2, -0.15) is 0 Å². The summed E-state index contributed by atoms with van der Waals surface area (Å²) in [5, 5.41) is 14.5. The van der Waals surface area contributed by atoms with E-state index >= 15 is 0 Å². The Kier molecular flexibility index (Phi) is 8.65. The summed E-state index contributed by atoms with van der Waals surface area (Å²) in [5.74, 6) is -1.53. The minimum absolute atomic E-state index is 0.0570. The quantitative estimate of drug-likeness (QED) is 0.289. The van der Waals surface area contributed by atoms with Crippen molar-refractivity contribution in [2.75, 3.05) is 7.11 Å². The van der Waals surface area contributed by atoms with E-state index in [9.17, 15) is 19.1 Å². The van der Waals surface area contributed by atoms with E-state index in [1.165, 1.54) is 17.7 Å². The Bertz CT molecular complexity index is 1490. The van der Waals surface area contributed by atoms with Gasteiger partial charge in [0.2, 0.25) is 5.91 Å². The van der Waals surface area contributed by atoms with Gasteiger partial charge < -0.3 is 20.1 Å². The third-order valence-corrected chi connectivity index (χ3v) is 9.40. The predicted octanol–water partition coefficient (Wildman–Crippen LogP) is 7.09. The van der Waals surface area contributed by atoms with Gasteiger partial charge in [-0.25, -0.2) is 9.18 Å². The van der Waals surface area contributed by atoms with E-state index in [1.54, 1.807) is 24.1 Å². The predicted molar refractivity (Wildman–Crippen MR) is 170 cm³/mol. The van der Waals surface area contributed by atoms with Crippen LogP contribution in [0.25, 0.3) is 0 Å². The summed E-state index contributed by atoms with van der Waals surface area (Å²) < 4.78 is 19.3. The Morgan fingerprint density at radius 3 is 2.18 bits per heavy atom. The minimum Gasteiger partial charge on any atom is -0.496 e. The zero-order valence-electron chi connectivity index (χ0n) is 26.8. The number of amides is 1. The minimum atomic E-state index is -1.03. The number of nitrogens with zero attached hydrogens (tertiary/aromatic N) is 1. The molecule has 0 radical (unpaired) electrons. The monoisotopic (exact) mass is 600 g/mol. The highest BCUT2D eigenvalue weighted by Crippen LogP contribution is 2.54. The number of benzene rings is 3. The molecule has 7 heteroatoms. The van der Waals surface area contributed by atoms with Crippen LogP contribution in [0.15, 0.2) is 72.8 Å². The van der Waals surface area contributed by atoms with Crippen molar-refractivity contribution in [1.29, 1.82) is 0 Å². The second-order valence-corrected chi connectivity index (χ2v) is 14.5. The fraction of sp³-hybridized carbons (Fsp3) is 0.459. The third-order valence-electron chi connectivity index (χ3n) is 9.40. The summed E-state index contributed by atoms with van der Waals surface area (Å²) in [5.41, 5.74) is 3.45. The van der Waals surface area contributed by atoms with E-state index in [0.717, 1.165) is 22.4 Å². The molecule has 6 atom stereocenters. The van der Waals surface area contributed by atoms with Gasteiger partial charge in [0.05, 0.1) is 13.2 Å². The first-order valence-electron chi connectivity index (χ1n) is 15.5. The number of carboxylic acid groups (broad SMARTS) is 1. The van der Waals surface area contributed by atoms with Crippen LogP contribution in [0, 0.1) is 23.1 Å². The second kappa shape index (κ2) is 12.0. The van der Waals surface area contributed by atoms with Crippen LogP contribution in [0.3, 0.4) is 0 Å². The number of halogens is 1. The first kappa shape index (κ1) is 31.7. The number of carboxylic acids is 1. The van der Waals surface area contributed by atoms with E-state index in [1.807, 2.05) is 36.4 Å². The Morgan fingerprint density at radius 2 is 1.61 bits per heavy atom. The SMILES string of the molecule is COc1ccc(C(C)(C)C)cc1CN[C@H]1[C@H](C(C)(C)C)[C@@H](C(=O)O)N(C(=O)C2CC2c2ccc(F)cc2)[C@H]1c1ccccc1. The molecule has 5 rings (SSSR count). The molecule has 1 amide bonds. The molecule has 0 spiro atoms. The van der Waals surface area contributed by atoms with E-state index < -0.39 is 29.4 Å². The van der Waals surface area contributed by atoms with E-state index in [4.69, 9.17) is 4.74 Å². The fourth-order valence-corrected chi connectivity index (χ4v) is 7.08. The molecule has 2 unspecified atom stereocenters. The summed E-state index contributed by atoms with van der Waals surface area (Å²) in [7, 11) is 1.66. The Balaban J connectivity index is 1.56. The zero-order chi connectivity index (χ0) is 32.0. The van der Waals surface area contributed by atoms with Crippen LogP contribution < -0.4 is 10.1 Å². The summed E-state index contributed by atoms with van der Waals surface area (Å²) in [6.45, 7) is 13.1. The third kappa shape index (κ3) is 6.25. The highest BCUT2D eigenvalue weighted by molar-refractivity contribution is 5.89. The van der Waals surface area contributed by atoms with Crippen LogP contribution >= 0.6 is 0 Å². The molecule has 0 bridgehead atoms. The van der Waals surface area contributed by atoms with Gasteiger partial charge in [0.25, 0.3) is 0 Å². The van der Waals surface area contributed by atoms with Crippen LogP contribution in [0.1, 0.15) is 82.2 Å². The van der Waals surface area contributed by atoms with Crippen LogP contribution in [0.4, 0.5) is 4.39 Å². The number of hydrogen-bond donors (Lipinski definition) is 2. The number of aliphatic carboxylic acids is 1. The largest absolute Gasteiger partial charge is 0.496 e. The van der Waals surface area contributed by atoms with E-state index in [-0.39, 0.29) is 35.0 Å². The van der Waals surface area contributed by atoms with Crippen molar-refractivity contribution in [3.63, 3.8) is 0 Å². The molecular weight excluding hydrogens is 555 g/mol. The van der Waals surface area contributed by atoms with Crippen molar-refractivity contribution in [2.24, 2.45) is 17.3 Å². The average molecular weight is 601 g/mol. The number of nitrogens with one attached hydrogen (secondary N) is 1. The van der Waals surface area contributed by atoms with Gasteiger partial charge in [0.1, 0.15) is 17.6 Å². The van der Waals surface area contributed by atoms with Crippen molar-refractivity contribution in [1.82, 2.24) is 10.2 Å². The summed E-state index contributed by atoms with van der Waals surface area (Å²) in [6, 6.07) is 20.4. The maximum absolute atomic E-state index is 14.4. The normalized spacial score (nSPS) is 25.1. The van der Waals surface area contributed by atoms with Crippen molar-refractivity contribution >= 4 is 11.9 Å². The standard InChI is InChI=1S/C37H45FN2O4/c1-36(2,3)25-15-18-29(44-7)24(19-25)21-39-31-30(37(4,5)6)33(35(42)43)40(32(31)23-11-9-8-10-12-23)34(41)28-20-27(28)22-13-16-26(38)17-14-22/h8-19,27-28,30-33,39H,20-21H2,1-7H3,(H,42,43)/t27?,28?,30-,31-,32-,33-/m0/s1. The summed E-state index contributed by atoms with van der Waals surface area (Å²) in [4.78, 5) is 29.3. The van der Waals surface area contributed by atoms with Crippen LogP contribution in [0.2, 0.25) is 0 Å². The lowest BCUT2D eigenvalue weighted by atomic mass is 9.72. The molecule has 2 N–H and O–H groups in total. The molecule has 3 aromatic carbocycles. The number of carbonyl (C=O) groups excluding carboxylic acids is 1. The molecule has 3 aromatic rings. The number of carbonyl (C=O) groups is 2. The van der Waals surface area contributed by atoms with Gasteiger partial charge in [-0.15, -0.1) is 0 Å². The number of likely N-dealkylation sites (tertiary alicyclic amines) is 1. The van der Waals surface area contributed by atoms with Gasteiger partial charge in [0, 0.05) is 30.0 Å². The molecule has 1 saturated carbocycles. The highest BCUT2D eigenvalue weighted by atomic mass is 19.1. The van der Waals surface area contributed by atoms with Crippen molar-refractivity contribution in [3.05, 3.63) is 101 Å². The van der Waals surface area contributed by atoms with Gasteiger partial charge in [-0.1, -0.05) is 96.1 Å². The molecule has 1 aliphatic carbocycles. The van der Waals surface area contributed by atoms with E-state index in [2.05, 4.69) is 59.0 Å². The Labute approximate surface area is 260 Å². The van der Waals surface area contributed by atoms with Crippen LogP contribution in [-0.4, -0.2) is 41.1 Å². The molecule has 0 aromatic heterocycles. The lowest BCUT2D eigenvalue weighted by Gasteiger charge is -2.35. The molecule has 2 aliphatic rings. The maximum Gasteiger partial charge on any atom is 0.326 e. The van der Waals surface area contributed by atoms with Crippen molar-refractivity contribution in [3.8, 4) is 5.75 Å². The summed E-state index contributed by atoms with van der Waals surface area (Å²) in [6.07, 6.45) is 0.615. The number of methoxy groups -OCH3 is 1. The Morgan fingerprint density at radius 1 is 0.955 bits per heavy atom. The van der Waals surface area contributed by atoms with Crippen molar-refractivity contribution < 1.29 is 23.8 Å². The lowest BCUT2D eigenvalue weighted by Crippen LogP contribution is -2.48. The molecular formula is C37H45FN2O4. The molecule has 1 heterocycles. The average Bonchev–Trinajstić information content (AvgIpc) is 3.68. The number of hydrogen-bond acceptors (Lipinski definition) is 4. The van der Waals surface area contributed by atoms with Crippen LogP contribution in [0.5, 0.6) is 5.75 Å². The summed E-state index contributed by atoms with van der Waals surface area (Å²) >= 11 is 0. The Hall–Kier alpha value is -3.71. The molecule has 1 aliphatic heterocycles. The van der Waals surface area contributed by atoms with Crippen molar-refractivity contribution in [2.45, 2.75) is 84.0 Å². The zero-order valence-corrected chi connectivity index (χ0v) is 26.8. The smallest absolute Gasteiger partial charge is 0.326 e. The van der Waals surface area contributed by atoms with Gasteiger partial charge in [-0.3, -0.25) is 4.79 Å². The topological polar surface area (TPSA) is 78.9 Å². The molecule has 234 valence electrons. The highest BCUT2D eigenvalue weighted by Gasteiger charge is 2.60. The lowest BCUT2D eigenvalue weighted by molar-refractivity contribution is -0.152. The fourth-order valence-electron chi connectivity index (χ4n) is 7.08. The number of ether oxygens (including phenoxy) is 1. The first-order valence-corrected chi connectivity index (χ1v) is 15.5.